The molecule has 4 heteroatoms. The molecular formula is C16H29N3S. The van der Waals surface area contributed by atoms with Gasteiger partial charge in [-0.1, -0.05) is 27.7 Å². The number of nitrogens with zero attached hydrogens (tertiary/aromatic N) is 2. The van der Waals surface area contributed by atoms with E-state index in [1.54, 1.807) is 0 Å². The molecule has 0 bridgehead atoms. The predicted molar refractivity (Wildman–Crippen MR) is 87.4 cm³/mol. The summed E-state index contributed by atoms with van der Waals surface area (Å²) >= 11 is 1.81. The maximum absolute atomic E-state index is 4.85. The van der Waals surface area contributed by atoms with Crippen LogP contribution in [0.25, 0.3) is 0 Å². The molecule has 0 saturated carbocycles. The molecule has 1 atom stereocenters. The van der Waals surface area contributed by atoms with Gasteiger partial charge < -0.3 is 5.32 Å². The fraction of sp³-hybridized carbons (Fsp3) is 0.812. The highest BCUT2D eigenvalue weighted by molar-refractivity contribution is 7.09. The maximum atomic E-state index is 4.85. The van der Waals surface area contributed by atoms with Crippen LogP contribution in [0.2, 0.25) is 0 Å². The molecule has 1 fully saturated rings. The normalized spacial score (nSPS) is 20.6. The van der Waals surface area contributed by atoms with E-state index in [9.17, 15) is 0 Å². The zero-order valence-electron chi connectivity index (χ0n) is 13.4. The van der Waals surface area contributed by atoms with E-state index in [1.165, 1.54) is 43.1 Å². The van der Waals surface area contributed by atoms with Crippen molar-refractivity contribution in [1.29, 1.82) is 0 Å². The van der Waals surface area contributed by atoms with E-state index in [-0.39, 0.29) is 5.41 Å². The number of piperidine rings is 1. The van der Waals surface area contributed by atoms with Crippen LogP contribution in [0.15, 0.2) is 5.38 Å². The summed E-state index contributed by atoms with van der Waals surface area (Å²) in [6.07, 6.45) is 3.84. The highest BCUT2D eigenvalue weighted by Crippen LogP contribution is 2.26. The van der Waals surface area contributed by atoms with Crippen molar-refractivity contribution >= 4 is 11.3 Å². The molecule has 1 unspecified atom stereocenters. The van der Waals surface area contributed by atoms with E-state index in [0.29, 0.717) is 6.04 Å². The summed E-state index contributed by atoms with van der Waals surface area (Å²) in [5.41, 5.74) is 1.42. The summed E-state index contributed by atoms with van der Waals surface area (Å²) in [5, 5.41) is 7.03. The maximum Gasteiger partial charge on any atom is 0.0982 e. The second kappa shape index (κ2) is 7.01. The summed E-state index contributed by atoms with van der Waals surface area (Å²) in [6, 6.07) is 0.684. The number of rotatable bonds is 5. The first kappa shape index (κ1) is 15.9. The minimum absolute atomic E-state index is 0.172. The van der Waals surface area contributed by atoms with Crippen LogP contribution >= 0.6 is 11.3 Å². The third-order valence-electron chi connectivity index (χ3n) is 3.86. The van der Waals surface area contributed by atoms with Crippen LogP contribution < -0.4 is 5.32 Å². The molecule has 1 aromatic rings. The topological polar surface area (TPSA) is 28.2 Å². The monoisotopic (exact) mass is 295 g/mol. The predicted octanol–water partition coefficient (Wildman–Crippen LogP) is 3.40. The van der Waals surface area contributed by atoms with E-state index < -0.39 is 0 Å². The molecule has 0 radical (unpaired) electrons. The lowest BCUT2D eigenvalue weighted by Crippen LogP contribution is -2.45. The first-order valence-corrected chi connectivity index (χ1v) is 8.78. The first-order valence-electron chi connectivity index (χ1n) is 7.90. The molecule has 1 aliphatic heterocycles. The summed E-state index contributed by atoms with van der Waals surface area (Å²) in [6.45, 7) is 13.5. The Kier molecular flexibility index (Phi) is 5.58. The Balaban J connectivity index is 2.01. The Labute approximate surface area is 127 Å². The van der Waals surface area contributed by atoms with Crippen molar-refractivity contribution in [2.75, 3.05) is 19.6 Å². The molecule has 3 nitrogen and oxygen atoms in total. The van der Waals surface area contributed by atoms with Gasteiger partial charge in [0.1, 0.15) is 0 Å². The molecule has 114 valence electrons. The van der Waals surface area contributed by atoms with Gasteiger partial charge in [0.2, 0.25) is 0 Å². The summed E-state index contributed by atoms with van der Waals surface area (Å²) < 4.78 is 0. The van der Waals surface area contributed by atoms with Gasteiger partial charge in [0.25, 0.3) is 0 Å². The Hall–Kier alpha value is -0.450. The minimum atomic E-state index is 0.172. The number of hydrogen-bond donors (Lipinski definition) is 1. The molecule has 0 aliphatic carbocycles. The van der Waals surface area contributed by atoms with Crippen molar-refractivity contribution in [3.05, 3.63) is 16.1 Å². The van der Waals surface area contributed by atoms with Crippen LogP contribution in [0.3, 0.4) is 0 Å². The van der Waals surface area contributed by atoms with E-state index in [1.807, 2.05) is 11.3 Å². The van der Waals surface area contributed by atoms with E-state index in [0.717, 1.165) is 13.1 Å². The van der Waals surface area contributed by atoms with Gasteiger partial charge in [-0.05, 0) is 32.4 Å². The Morgan fingerprint density at radius 3 is 2.80 bits per heavy atom. The van der Waals surface area contributed by atoms with Crippen LogP contribution in [-0.2, 0) is 12.0 Å². The van der Waals surface area contributed by atoms with Crippen LogP contribution in [0.5, 0.6) is 0 Å². The smallest absolute Gasteiger partial charge is 0.0982 e. The SMILES string of the molecule is CCCN(Cc1csc(C(C)(C)C)n1)C1CCCNC1. The van der Waals surface area contributed by atoms with Gasteiger partial charge in [-0.15, -0.1) is 11.3 Å². The molecule has 0 amide bonds. The molecule has 1 saturated heterocycles. The average Bonchev–Trinajstić information content (AvgIpc) is 2.88. The molecule has 0 spiro atoms. The zero-order chi connectivity index (χ0) is 14.6. The summed E-state index contributed by atoms with van der Waals surface area (Å²) in [5.74, 6) is 0. The zero-order valence-corrected chi connectivity index (χ0v) is 14.2. The van der Waals surface area contributed by atoms with Crippen molar-refractivity contribution in [3.63, 3.8) is 0 Å². The van der Waals surface area contributed by atoms with E-state index >= 15 is 0 Å². The quantitative estimate of drug-likeness (QED) is 0.902. The third-order valence-corrected chi connectivity index (χ3v) is 5.17. The van der Waals surface area contributed by atoms with Gasteiger partial charge in [-0.2, -0.15) is 0 Å². The van der Waals surface area contributed by atoms with Gasteiger partial charge in [0.15, 0.2) is 0 Å². The molecule has 0 aromatic carbocycles. The average molecular weight is 295 g/mol. The van der Waals surface area contributed by atoms with Gasteiger partial charge >= 0.3 is 0 Å². The number of aromatic nitrogens is 1. The molecular weight excluding hydrogens is 266 g/mol. The van der Waals surface area contributed by atoms with Gasteiger partial charge in [0.05, 0.1) is 10.7 Å². The van der Waals surface area contributed by atoms with Crippen molar-refractivity contribution in [1.82, 2.24) is 15.2 Å². The standard InChI is InChI=1S/C16H29N3S/c1-5-9-19(14-7-6-8-17-10-14)11-13-12-20-15(18-13)16(2,3)4/h12,14,17H,5-11H2,1-4H3. The van der Waals surface area contributed by atoms with E-state index in [2.05, 4.69) is 43.3 Å². The highest BCUT2D eigenvalue weighted by Gasteiger charge is 2.23. The largest absolute Gasteiger partial charge is 0.315 e. The van der Waals surface area contributed by atoms with Gasteiger partial charge in [-0.3, -0.25) is 4.90 Å². The molecule has 2 heterocycles. The van der Waals surface area contributed by atoms with Crippen LogP contribution in [0.4, 0.5) is 0 Å². The lowest BCUT2D eigenvalue weighted by atomic mass is 9.98. The molecule has 2 rings (SSSR count). The van der Waals surface area contributed by atoms with Crippen molar-refractivity contribution in [3.8, 4) is 0 Å². The van der Waals surface area contributed by atoms with Crippen molar-refractivity contribution < 1.29 is 0 Å². The minimum Gasteiger partial charge on any atom is -0.315 e. The number of thiazole rings is 1. The molecule has 1 N–H and O–H groups in total. The summed E-state index contributed by atoms with van der Waals surface area (Å²) in [4.78, 5) is 7.47. The van der Waals surface area contributed by atoms with Gasteiger partial charge in [0, 0.05) is 29.9 Å². The Bertz CT molecular complexity index is 402. The molecule has 20 heavy (non-hydrogen) atoms. The fourth-order valence-electron chi connectivity index (χ4n) is 2.76. The second-order valence-electron chi connectivity index (χ2n) is 6.86. The lowest BCUT2D eigenvalue weighted by Gasteiger charge is -2.34. The first-order chi connectivity index (χ1) is 9.50. The van der Waals surface area contributed by atoms with Crippen LogP contribution in [-0.4, -0.2) is 35.6 Å². The Morgan fingerprint density at radius 2 is 2.25 bits per heavy atom. The van der Waals surface area contributed by atoms with Crippen molar-refractivity contribution in [2.45, 2.75) is 65.0 Å². The second-order valence-corrected chi connectivity index (χ2v) is 7.72. The number of hydrogen-bond acceptors (Lipinski definition) is 4. The lowest BCUT2D eigenvalue weighted by molar-refractivity contribution is 0.156. The van der Waals surface area contributed by atoms with Crippen molar-refractivity contribution in [2.24, 2.45) is 0 Å². The van der Waals surface area contributed by atoms with Crippen LogP contribution in [0.1, 0.15) is 57.7 Å². The van der Waals surface area contributed by atoms with Crippen LogP contribution in [0, 0.1) is 0 Å². The summed E-state index contributed by atoms with van der Waals surface area (Å²) in [7, 11) is 0. The molecule has 1 aromatic heterocycles. The Morgan fingerprint density at radius 1 is 1.45 bits per heavy atom. The molecule has 1 aliphatic rings. The fourth-order valence-corrected chi connectivity index (χ4v) is 3.65. The third kappa shape index (κ3) is 4.27. The van der Waals surface area contributed by atoms with Gasteiger partial charge in [-0.25, -0.2) is 4.98 Å². The highest BCUT2D eigenvalue weighted by atomic mass is 32.1. The van der Waals surface area contributed by atoms with E-state index in [4.69, 9.17) is 4.98 Å². The number of nitrogens with one attached hydrogen (secondary N) is 1.